The minimum absolute atomic E-state index is 0.123. The first-order valence-corrected chi connectivity index (χ1v) is 8.82. The standard InChI is InChI=1S/C21H21N3O4/c1-12-7-6-8-15(11-12)20(26)22-14(3)19(25)23-24-21(27)18-13(2)16-9-4-5-10-17(16)28-18/h4-11,14H,1-3H3,(H,22,26)(H,23,25)(H,24,27)/t14-/m0/s1. The summed E-state index contributed by atoms with van der Waals surface area (Å²) in [6, 6.07) is 13.5. The number of hydrazine groups is 1. The van der Waals surface area contributed by atoms with E-state index in [1.165, 1.54) is 6.92 Å². The fraction of sp³-hybridized carbons (Fsp3) is 0.190. The van der Waals surface area contributed by atoms with Crippen LogP contribution in [0.25, 0.3) is 11.0 Å². The van der Waals surface area contributed by atoms with Gasteiger partial charge in [-0.3, -0.25) is 25.2 Å². The number of carbonyl (C=O) groups excluding carboxylic acids is 3. The number of benzene rings is 2. The van der Waals surface area contributed by atoms with Gasteiger partial charge in [-0.2, -0.15) is 0 Å². The number of rotatable bonds is 4. The first kappa shape index (κ1) is 19.2. The molecule has 3 rings (SSSR count). The Morgan fingerprint density at radius 3 is 2.39 bits per heavy atom. The maximum Gasteiger partial charge on any atom is 0.305 e. The SMILES string of the molecule is Cc1cccc(C(=O)N[C@@H](C)C(=O)NNC(=O)c2oc3ccccc3c2C)c1. The molecule has 0 radical (unpaired) electrons. The number of carbonyl (C=O) groups is 3. The first-order valence-electron chi connectivity index (χ1n) is 8.82. The zero-order chi connectivity index (χ0) is 20.3. The summed E-state index contributed by atoms with van der Waals surface area (Å²) < 4.78 is 5.55. The lowest BCUT2D eigenvalue weighted by Crippen LogP contribution is -2.51. The van der Waals surface area contributed by atoms with Crippen LogP contribution in [0.4, 0.5) is 0 Å². The molecule has 144 valence electrons. The number of para-hydroxylation sites is 1. The minimum Gasteiger partial charge on any atom is -0.451 e. The Morgan fingerprint density at radius 2 is 1.68 bits per heavy atom. The van der Waals surface area contributed by atoms with Crippen LogP contribution >= 0.6 is 0 Å². The van der Waals surface area contributed by atoms with Gasteiger partial charge in [-0.15, -0.1) is 0 Å². The quantitative estimate of drug-likeness (QED) is 0.607. The summed E-state index contributed by atoms with van der Waals surface area (Å²) in [4.78, 5) is 36.8. The normalized spacial score (nSPS) is 11.7. The third-order valence-electron chi connectivity index (χ3n) is 4.37. The van der Waals surface area contributed by atoms with Gasteiger partial charge in [-0.05, 0) is 39.0 Å². The molecule has 0 aliphatic heterocycles. The molecule has 0 fully saturated rings. The molecule has 7 nitrogen and oxygen atoms in total. The smallest absolute Gasteiger partial charge is 0.305 e. The van der Waals surface area contributed by atoms with E-state index in [1.807, 2.05) is 31.2 Å². The van der Waals surface area contributed by atoms with E-state index in [-0.39, 0.29) is 11.7 Å². The summed E-state index contributed by atoms with van der Waals surface area (Å²) in [5.74, 6) is -1.37. The number of fused-ring (bicyclic) bond motifs is 1. The van der Waals surface area contributed by atoms with Gasteiger partial charge in [0.2, 0.25) is 0 Å². The highest BCUT2D eigenvalue weighted by Gasteiger charge is 2.20. The van der Waals surface area contributed by atoms with Crippen LogP contribution in [-0.4, -0.2) is 23.8 Å². The van der Waals surface area contributed by atoms with Crippen LogP contribution < -0.4 is 16.2 Å². The zero-order valence-corrected chi connectivity index (χ0v) is 15.8. The second kappa shape index (κ2) is 7.96. The lowest BCUT2D eigenvalue weighted by molar-refractivity contribution is -0.123. The number of amides is 3. The van der Waals surface area contributed by atoms with E-state index in [0.717, 1.165) is 10.9 Å². The average molecular weight is 379 g/mol. The van der Waals surface area contributed by atoms with E-state index in [0.29, 0.717) is 16.7 Å². The Balaban J connectivity index is 1.59. The molecule has 3 amide bonds. The number of hydrogen-bond acceptors (Lipinski definition) is 4. The molecule has 1 heterocycles. The molecule has 0 saturated heterocycles. The Labute approximate surface area is 162 Å². The molecule has 1 aromatic heterocycles. The van der Waals surface area contributed by atoms with E-state index in [9.17, 15) is 14.4 Å². The van der Waals surface area contributed by atoms with Crippen molar-refractivity contribution in [2.24, 2.45) is 0 Å². The first-order chi connectivity index (χ1) is 13.4. The highest BCUT2D eigenvalue weighted by atomic mass is 16.3. The Hall–Kier alpha value is -3.61. The van der Waals surface area contributed by atoms with Crippen molar-refractivity contribution in [2.75, 3.05) is 0 Å². The molecule has 0 unspecified atom stereocenters. The van der Waals surface area contributed by atoms with Gasteiger partial charge in [0, 0.05) is 16.5 Å². The van der Waals surface area contributed by atoms with E-state index < -0.39 is 17.9 Å². The average Bonchev–Trinajstić information content (AvgIpc) is 3.02. The van der Waals surface area contributed by atoms with Crippen molar-refractivity contribution >= 4 is 28.7 Å². The van der Waals surface area contributed by atoms with Crippen LogP contribution in [0, 0.1) is 13.8 Å². The lowest BCUT2D eigenvalue weighted by atomic mass is 10.1. The molecule has 28 heavy (non-hydrogen) atoms. The molecule has 0 spiro atoms. The highest BCUT2D eigenvalue weighted by molar-refractivity contribution is 6.00. The van der Waals surface area contributed by atoms with Crippen molar-refractivity contribution in [1.29, 1.82) is 0 Å². The van der Waals surface area contributed by atoms with Crippen LogP contribution in [0.2, 0.25) is 0 Å². The van der Waals surface area contributed by atoms with Crippen molar-refractivity contribution in [3.63, 3.8) is 0 Å². The van der Waals surface area contributed by atoms with E-state index in [1.54, 1.807) is 31.2 Å². The molecule has 0 aliphatic rings. The van der Waals surface area contributed by atoms with Crippen molar-refractivity contribution in [3.8, 4) is 0 Å². The largest absolute Gasteiger partial charge is 0.451 e. The summed E-state index contributed by atoms with van der Waals surface area (Å²) in [6.45, 7) is 5.18. The summed E-state index contributed by atoms with van der Waals surface area (Å²) >= 11 is 0. The van der Waals surface area contributed by atoms with Gasteiger partial charge < -0.3 is 9.73 Å². The second-order valence-electron chi connectivity index (χ2n) is 6.56. The summed E-state index contributed by atoms with van der Waals surface area (Å²) in [5.41, 5.74) is 7.31. The maximum atomic E-state index is 12.3. The Kier molecular flexibility index (Phi) is 5.44. The Morgan fingerprint density at radius 1 is 0.929 bits per heavy atom. The fourth-order valence-corrected chi connectivity index (χ4v) is 2.81. The molecular weight excluding hydrogens is 358 g/mol. The van der Waals surface area contributed by atoms with E-state index in [4.69, 9.17) is 4.42 Å². The van der Waals surface area contributed by atoms with Crippen LogP contribution in [0.3, 0.4) is 0 Å². The van der Waals surface area contributed by atoms with Gasteiger partial charge in [0.15, 0.2) is 5.76 Å². The van der Waals surface area contributed by atoms with Gasteiger partial charge >= 0.3 is 5.91 Å². The van der Waals surface area contributed by atoms with Gasteiger partial charge in [0.1, 0.15) is 11.6 Å². The van der Waals surface area contributed by atoms with Crippen molar-refractivity contribution < 1.29 is 18.8 Å². The van der Waals surface area contributed by atoms with E-state index >= 15 is 0 Å². The van der Waals surface area contributed by atoms with E-state index in [2.05, 4.69) is 16.2 Å². The van der Waals surface area contributed by atoms with Gasteiger partial charge in [-0.1, -0.05) is 35.9 Å². The number of aryl methyl sites for hydroxylation is 2. The third kappa shape index (κ3) is 4.03. The van der Waals surface area contributed by atoms with Gasteiger partial charge in [0.05, 0.1) is 0 Å². The van der Waals surface area contributed by atoms with Gasteiger partial charge in [-0.25, -0.2) is 0 Å². The predicted molar refractivity (Wildman–Crippen MR) is 105 cm³/mol. The topological polar surface area (TPSA) is 100 Å². The highest BCUT2D eigenvalue weighted by Crippen LogP contribution is 2.24. The minimum atomic E-state index is -0.843. The molecule has 0 bridgehead atoms. The predicted octanol–water partition coefficient (Wildman–Crippen LogP) is 2.63. The summed E-state index contributed by atoms with van der Waals surface area (Å²) in [6.07, 6.45) is 0. The third-order valence-corrected chi connectivity index (χ3v) is 4.37. The number of furan rings is 1. The molecule has 3 aromatic rings. The monoisotopic (exact) mass is 379 g/mol. The number of nitrogens with one attached hydrogen (secondary N) is 3. The molecule has 2 aromatic carbocycles. The summed E-state index contributed by atoms with van der Waals surface area (Å²) in [7, 11) is 0. The van der Waals surface area contributed by atoms with Crippen LogP contribution in [0.5, 0.6) is 0 Å². The zero-order valence-electron chi connectivity index (χ0n) is 15.8. The molecule has 1 atom stereocenters. The van der Waals surface area contributed by atoms with Crippen LogP contribution in [0.15, 0.2) is 52.9 Å². The summed E-state index contributed by atoms with van der Waals surface area (Å²) in [5, 5.41) is 3.43. The maximum absolute atomic E-state index is 12.3. The van der Waals surface area contributed by atoms with Crippen molar-refractivity contribution in [2.45, 2.75) is 26.8 Å². The molecular formula is C21H21N3O4. The fourth-order valence-electron chi connectivity index (χ4n) is 2.81. The molecule has 7 heteroatoms. The molecule has 0 aliphatic carbocycles. The van der Waals surface area contributed by atoms with Crippen LogP contribution in [0.1, 0.15) is 39.0 Å². The van der Waals surface area contributed by atoms with Crippen molar-refractivity contribution in [1.82, 2.24) is 16.2 Å². The van der Waals surface area contributed by atoms with Crippen LogP contribution in [-0.2, 0) is 4.79 Å². The van der Waals surface area contributed by atoms with Crippen molar-refractivity contribution in [3.05, 3.63) is 71.0 Å². The lowest BCUT2D eigenvalue weighted by Gasteiger charge is -2.14. The van der Waals surface area contributed by atoms with Gasteiger partial charge in [0.25, 0.3) is 11.8 Å². The molecule has 0 saturated carbocycles. The second-order valence-corrected chi connectivity index (χ2v) is 6.56. The number of hydrogen-bond donors (Lipinski definition) is 3. The Bertz CT molecular complexity index is 1050. The molecule has 3 N–H and O–H groups in total.